The molecule has 0 spiro atoms. The van der Waals surface area contributed by atoms with E-state index in [1.165, 1.54) is 61.4 Å². The van der Waals surface area contributed by atoms with Gasteiger partial charge in [-0.2, -0.15) is 5.26 Å². The Hall–Kier alpha value is -9.84. The van der Waals surface area contributed by atoms with Crippen molar-refractivity contribution in [2.75, 3.05) is 9.80 Å². The quantitative estimate of drug-likeness (QED) is 0.148. The highest BCUT2D eigenvalue weighted by Gasteiger charge is 2.44. The third-order valence-electron chi connectivity index (χ3n) is 18.0. The van der Waals surface area contributed by atoms with Crippen LogP contribution in [0.3, 0.4) is 0 Å². The van der Waals surface area contributed by atoms with Crippen molar-refractivity contribution >= 4 is 79.0 Å². The summed E-state index contributed by atoms with van der Waals surface area (Å²) in [5.41, 5.74) is 23.7. The van der Waals surface area contributed by atoms with E-state index in [2.05, 4.69) is 249 Å². The SMILES string of the molecule is CC(C)(C)c1cc(N2c3ccccc3B3c4ccccc4N(c4cc(C(C)(C)C)cc(C(C)(C)C)c4)c4cc(-c5ccc6c(c5)c5ccccc5n6-c5ccc(C#N)c(-c6nc(-c7ccccc7)nc(-c7ccccc7)n6)c5)cc2c43)cc(C(C)(C)C)c1. The Morgan fingerprint density at radius 1 is 0.352 bits per heavy atom. The predicted octanol–water partition coefficient (Wildman–Crippen LogP) is 18.8. The molecule has 0 saturated carbocycles. The molecule has 8 heteroatoms. The van der Waals surface area contributed by atoms with Crippen molar-refractivity contribution < 1.29 is 0 Å². The molecule has 10 aromatic carbocycles. The number of nitriles is 1. The van der Waals surface area contributed by atoms with Crippen molar-refractivity contribution in [3.8, 4) is 57.0 Å². The molecule has 2 aliphatic heterocycles. The Kier molecular flexibility index (Phi) is 13.2. The fourth-order valence-electron chi connectivity index (χ4n) is 13.1. The van der Waals surface area contributed by atoms with E-state index >= 15 is 0 Å². The minimum Gasteiger partial charge on any atom is -0.311 e. The zero-order valence-corrected chi connectivity index (χ0v) is 52.5. The van der Waals surface area contributed by atoms with Crippen LogP contribution in [0.1, 0.15) is 111 Å². The first kappa shape index (κ1) is 56.0. The van der Waals surface area contributed by atoms with Gasteiger partial charge in [0.05, 0.1) is 22.7 Å². The Balaban J connectivity index is 1.02. The summed E-state index contributed by atoms with van der Waals surface area (Å²) < 4.78 is 2.32. The summed E-state index contributed by atoms with van der Waals surface area (Å²) in [6.45, 7) is 28.0. The topological polar surface area (TPSA) is 73.9 Å². The largest absolute Gasteiger partial charge is 0.311 e. The normalized spacial score (nSPS) is 13.1. The second-order valence-electron chi connectivity index (χ2n) is 28.2. The molecular weight excluding hydrogens is 1070 g/mol. The van der Waals surface area contributed by atoms with Crippen LogP contribution >= 0.6 is 0 Å². The van der Waals surface area contributed by atoms with Gasteiger partial charge in [-0.15, -0.1) is 0 Å². The van der Waals surface area contributed by atoms with Gasteiger partial charge < -0.3 is 14.4 Å². The molecule has 0 radical (unpaired) electrons. The first-order chi connectivity index (χ1) is 42.1. The maximum absolute atomic E-state index is 10.8. The molecule has 14 rings (SSSR count). The highest BCUT2D eigenvalue weighted by atomic mass is 15.2. The smallest absolute Gasteiger partial charge is 0.252 e. The predicted molar refractivity (Wildman–Crippen MR) is 369 cm³/mol. The van der Waals surface area contributed by atoms with Gasteiger partial charge in [0.15, 0.2) is 17.5 Å². The van der Waals surface area contributed by atoms with Gasteiger partial charge in [-0.3, -0.25) is 0 Å². The van der Waals surface area contributed by atoms with E-state index in [0.717, 1.165) is 61.1 Å². The zero-order valence-electron chi connectivity index (χ0n) is 52.5. The van der Waals surface area contributed by atoms with E-state index in [-0.39, 0.29) is 28.4 Å². The molecule has 430 valence electrons. The maximum Gasteiger partial charge on any atom is 0.252 e. The van der Waals surface area contributed by atoms with Crippen LogP contribution in [0.4, 0.5) is 34.1 Å². The third-order valence-corrected chi connectivity index (χ3v) is 18.0. The zero-order chi connectivity index (χ0) is 61.2. The van der Waals surface area contributed by atoms with Crippen LogP contribution in [-0.4, -0.2) is 26.2 Å². The number of benzene rings is 10. The second kappa shape index (κ2) is 20.7. The fourth-order valence-corrected chi connectivity index (χ4v) is 13.1. The van der Waals surface area contributed by atoms with Crippen molar-refractivity contribution in [2.45, 2.75) is 105 Å². The molecule has 0 amide bonds. The van der Waals surface area contributed by atoms with E-state index in [1.54, 1.807) is 0 Å². The first-order valence-electron chi connectivity index (χ1n) is 30.8. The molecule has 0 bridgehead atoms. The van der Waals surface area contributed by atoms with Gasteiger partial charge in [0, 0.05) is 67.3 Å². The van der Waals surface area contributed by atoms with E-state index in [0.29, 0.717) is 28.6 Å². The van der Waals surface area contributed by atoms with Crippen molar-refractivity contribution in [1.29, 1.82) is 5.26 Å². The van der Waals surface area contributed by atoms with Gasteiger partial charge in [-0.05, 0) is 156 Å². The summed E-state index contributed by atoms with van der Waals surface area (Å²) in [6, 6.07) is 82.0. The van der Waals surface area contributed by atoms with Crippen LogP contribution in [0.2, 0.25) is 0 Å². The molecule has 2 aliphatic rings. The average Bonchev–Trinajstić information content (AvgIpc) is 0.932. The first-order valence-corrected chi connectivity index (χ1v) is 30.8. The maximum atomic E-state index is 10.8. The summed E-state index contributed by atoms with van der Waals surface area (Å²) in [6.07, 6.45) is 0. The van der Waals surface area contributed by atoms with Gasteiger partial charge in [0.2, 0.25) is 0 Å². The Morgan fingerprint density at radius 2 is 0.795 bits per heavy atom. The van der Waals surface area contributed by atoms with Gasteiger partial charge in [-0.25, -0.2) is 15.0 Å². The fraction of sp³-hybridized carbons (Fsp3) is 0.200. The molecule has 0 unspecified atom stereocenters. The van der Waals surface area contributed by atoms with Gasteiger partial charge in [-0.1, -0.05) is 217 Å². The molecule has 0 aliphatic carbocycles. The Morgan fingerprint density at radius 3 is 1.28 bits per heavy atom. The summed E-state index contributed by atoms with van der Waals surface area (Å²) in [4.78, 5) is 20.3. The third kappa shape index (κ3) is 9.65. The van der Waals surface area contributed by atoms with Crippen molar-refractivity contribution in [3.63, 3.8) is 0 Å². The number of para-hydroxylation sites is 3. The van der Waals surface area contributed by atoms with Gasteiger partial charge in [0.25, 0.3) is 6.71 Å². The van der Waals surface area contributed by atoms with Crippen LogP contribution in [0.5, 0.6) is 0 Å². The number of nitrogens with zero attached hydrogens (tertiary/aromatic N) is 7. The molecule has 0 N–H and O–H groups in total. The summed E-state index contributed by atoms with van der Waals surface area (Å²) >= 11 is 0. The van der Waals surface area contributed by atoms with Gasteiger partial charge >= 0.3 is 0 Å². The standard InChI is InChI=1S/C80H72BN7/c1-77(2,3)55-42-56(78(4,5)6)45-60(44-55)87-69-33-23-20-30-65(69)81-66-31-21-24-34-70(66)88(61-46-57(79(7,8)9)43-58(47-61)80(10,11)12)72-41-54(40-71(87)73(72)81)52-36-38-68-64(39-52)62-29-19-22-32-67(62)86(68)59-37-35-53(49-82)63(48-59)76-84-74(50-25-15-13-16-26-50)83-75(85-76)51-27-17-14-18-28-51/h13-48H,1-12H3. The van der Waals surface area contributed by atoms with Gasteiger partial charge in [0.1, 0.15) is 0 Å². The number of fused-ring (bicyclic) bond motifs is 7. The molecule has 0 fully saturated rings. The lowest BCUT2D eigenvalue weighted by Gasteiger charge is -2.45. The number of hydrogen-bond acceptors (Lipinski definition) is 6. The highest BCUT2D eigenvalue weighted by molar-refractivity contribution is 7.00. The summed E-state index contributed by atoms with van der Waals surface area (Å²) in [5.74, 6) is 1.51. The number of anilines is 6. The molecular formula is C80H72BN7. The molecule has 0 atom stereocenters. The van der Waals surface area contributed by atoms with Crippen LogP contribution in [0.25, 0.3) is 72.8 Å². The van der Waals surface area contributed by atoms with Crippen LogP contribution in [0.15, 0.2) is 218 Å². The van der Waals surface area contributed by atoms with Crippen LogP contribution in [-0.2, 0) is 21.7 Å². The number of aromatic nitrogens is 4. The average molecular weight is 1140 g/mol. The number of rotatable bonds is 7. The molecule has 4 heterocycles. The lowest BCUT2D eigenvalue weighted by molar-refractivity contribution is 0.568. The van der Waals surface area contributed by atoms with Crippen molar-refractivity contribution in [1.82, 2.24) is 19.5 Å². The minimum atomic E-state index is -0.105. The number of hydrogen-bond donors (Lipinski definition) is 0. The van der Waals surface area contributed by atoms with E-state index < -0.39 is 0 Å². The van der Waals surface area contributed by atoms with E-state index in [4.69, 9.17) is 15.0 Å². The molecule has 88 heavy (non-hydrogen) atoms. The van der Waals surface area contributed by atoms with Crippen LogP contribution < -0.4 is 26.2 Å². The highest BCUT2D eigenvalue weighted by Crippen LogP contribution is 2.49. The second-order valence-corrected chi connectivity index (χ2v) is 28.2. The van der Waals surface area contributed by atoms with E-state index in [9.17, 15) is 5.26 Å². The Bertz CT molecular complexity index is 4540. The summed E-state index contributed by atoms with van der Waals surface area (Å²) in [7, 11) is 0. The molecule has 12 aromatic rings. The lowest BCUT2D eigenvalue weighted by atomic mass is 9.33. The molecule has 7 nitrogen and oxygen atoms in total. The Labute approximate surface area is 518 Å². The monoisotopic (exact) mass is 1140 g/mol. The van der Waals surface area contributed by atoms with E-state index in [1.807, 2.05) is 72.8 Å². The molecule has 0 saturated heterocycles. The summed E-state index contributed by atoms with van der Waals surface area (Å²) in [5, 5.41) is 13.0. The minimum absolute atomic E-state index is 0.0371. The van der Waals surface area contributed by atoms with Crippen molar-refractivity contribution in [3.05, 3.63) is 246 Å². The van der Waals surface area contributed by atoms with Crippen LogP contribution in [0, 0.1) is 11.3 Å². The lowest BCUT2D eigenvalue weighted by Crippen LogP contribution is -2.61. The van der Waals surface area contributed by atoms with Crippen molar-refractivity contribution in [2.24, 2.45) is 0 Å². The molecule has 2 aromatic heterocycles.